The van der Waals surface area contributed by atoms with Crippen molar-refractivity contribution in [3.63, 3.8) is 0 Å². The Morgan fingerprint density at radius 1 is 1.60 bits per heavy atom. The monoisotopic (exact) mass is 143 g/mol. The van der Waals surface area contributed by atoms with Crippen LogP contribution in [-0.2, 0) is 9.53 Å². The Morgan fingerprint density at radius 3 is 3.10 bits per heavy atom. The highest BCUT2D eigenvalue weighted by Crippen LogP contribution is 2.08. The lowest BCUT2D eigenvalue weighted by molar-refractivity contribution is -0.124. The Hall–Kier alpha value is -0.570. The molecule has 1 N–H and O–H groups in total. The largest absolute Gasteiger partial charge is 0.362 e. The topological polar surface area (TPSA) is 38.3 Å². The number of hydrogen-bond acceptors (Lipinski definition) is 2. The van der Waals surface area contributed by atoms with E-state index in [0.717, 1.165) is 19.3 Å². The number of amides is 1. The van der Waals surface area contributed by atoms with Crippen molar-refractivity contribution in [3.05, 3.63) is 0 Å². The minimum Gasteiger partial charge on any atom is -0.362 e. The molecule has 0 aromatic rings. The average molecular weight is 143 g/mol. The Labute approximate surface area is 60.7 Å². The zero-order valence-electron chi connectivity index (χ0n) is 6.22. The van der Waals surface area contributed by atoms with E-state index < -0.39 is 0 Å². The SMILES string of the molecule is CO[C@@H]1CCCCC(=O)N1. The Kier molecular flexibility index (Phi) is 2.68. The minimum absolute atomic E-state index is 0.0463. The first-order chi connectivity index (χ1) is 4.83. The molecule has 1 saturated heterocycles. The highest BCUT2D eigenvalue weighted by Gasteiger charge is 2.14. The van der Waals surface area contributed by atoms with Crippen LogP contribution in [0.15, 0.2) is 0 Å². The molecule has 0 saturated carbocycles. The molecule has 0 aliphatic carbocycles. The lowest BCUT2D eigenvalue weighted by Gasteiger charge is -2.12. The first kappa shape index (κ1) is 7.54. The third-order valence-corrected chi connectivity index (χ3v) is 1.73. The van der Waals surface area contributed by atoms with Gasteiger partial charge in [0.05, 0.1) is 0 Å². The molecular weight excluding hydrogens is 130 g/mol. The Bertz CT molecular complexity index is 125. The normalized spacial score (nSPS) is 27.3. The molecule has 0 unspecified atom stereocenters. The van der Waals surface area contributed by atoms with Gasteiger partial charge in [0.25, 0.3) is 0 Å². The molecule has 0 radical (unpaired) electrons. The van der Waals surface area contributed by atoms with Gasteiger partial charge in [0.15, 0.2) is 0 Å². The van der Waals surface area contributed by atoms with Crippen LogP contribution < -0.4 is 5.32 Å². The van der Waals surface area contributed by atoms with Crippen molar-refractivity contribution in [3.8, 4) is 0 Å². The van der Waals surface area contributed by atoms with Crippen molar-refractivity contribution in [2.45, 2.75) is 31.9 Å². The second-order valence-corrected chi connectivity index (χ2v) is 2.54. The maximum absolute atomic E-state index is 10.9. The zero-order chi connectivity index (χ0) is 7.40. The van der Waals surface area contributed by atoms with Crippen LogP contribution in [0.3, 0.4) is 0 Å². The van der Waals surface area contributed by atoms with E-state index in [1.807, 2.05) is 0 Å². The number of carbonyl (C=O) groups is 1. The molecule has 0 bridgehead atoms. The van der Waals surface area contributed by atoms with Crippen molar-refractivity contribution in [1.29, 1.82) is 0 Å². The number of carbonyl (C=O) groups excluding carboxylic acids is 1. The first-order valence-electron chi connectivity index (χ1n) is 3.65. The fourth-order valence-corrected chi connectivity index (χ4v) is 1.12. The standard InChI is InChI=1S/C7H13NO2/c1-10-7-5-3-2-4-6(9)8-7/h7H,2-5H2,1H3,(H,8,9)/t7-/m1/s1. The van der Waals surface area contributed by atoms with Crippen molar-refractivity contribution in [2.24, 2.45) is 0 Å². The van der Waals surface area contributed by atoms with E-state index in [2.05, 4.69) is 5.32 Å². The summed E-state index contributed by atoms with van der Waals surface area (Å²) in [4.78, 5) is 10.9. The van der Waals surface area contributed by atoms with Gasteiger partial charge >= 0.3 is 0 Å². The van der Waals surface area contributed by atoms with E-state index in [0.29, 0.717) is 6.42 Å². The summed E-state index contributed by atoms with van der Waals surface area (Å²) in [5, 5.41) is 2.77. The summed E-state index contributed by atoms with van der Waals surface area (Å²) in [5.41, 5.74) is 0. The molecule has 1 heterocycles. The summed E-state index contributed by atoms with van der Waals surface area (Å²) < 4.78 is 5.01. The van der Waals surface area contributed by atoms with Gasteiger partial charge < -0.3 is 10.1 Å². The molecular formula is C7H13NO2. The van der Waals surface area contributed by atoms with Crippen LogP contribution >= 0.6 is 0 Å². The van der Waals surface area contributed by atoms with Crippen LogP contribution in [0, 0.1) is 0 Å². The summed E-state index contributed by atoms with van der Waals surface area (Å²) in [6, 6.07) is 0. The molecule has 1 fully saturated rings. The molecule has 0 spiro atoms. The minimum atomic E-state index is -0.0463. The zero-order valence-corrected chi connectivity index (χ0v) is 6.22. The van der Waals surface area contributed by atoms with Crippen LogP contribution in [0.4, 0.5) is 0 Å². The van der Waals surface area contributed by atoms with E-state index in [4.69, 9.17) is 4.74 Å². The molecule has 0 aromatic heterocycles. The maximum Gasteiger partial charge on any atom is 0.221 e. The first-order valence-corrected chi connectivity index (χ1v) is 3.65. The fraction of sp³-hybridized carbons (Fsp3) is 0.857. The molecule has 1 atom stereocenters. The lowest BCUT2D eigenvalue weighted by Crippen LogP contribution is -2.33. The van der Waals surface area contributed by atoms with E-state index in [-0.39, 0.29) is 12.1 Å². The van der Waals surface area contributed by atoms with Crippen molar-refractivity contribution >= 4 is 5.91 Å². The van der Waals surface area contributed by atoms with Crippen LogP contribution in [-0.4, -0.2) is 19.2 Å². The van der Waals surface area contributed by atoms with E-state index >= 15 is 0 Å². The van der Waals surface area contributed by atoms with Crippen molar-refractivity contribution in [1.82, 2.24) is 5.32 Å². The maximum atomic E-state index is 10.9. The number of hydrogen-bond donors (Lipinski definition) is 1. The second kappa shape index (κ2) is 3.56. The molecule has 3 nitrogen and oxygen atoms in total. The van der Waals surface area contributed by atoms with Crippen LogP contribution in [0.5, 0.6) is 0 Å². The van der Waals surface area contributed by atoms with Gasteiger partial charge in [-0.05, 0) is 19.3 Å². The van der Waals surface area contributed by atoms with Gasteiger partial charge in [0.2, 0.25) is 5.91 Å². The van der Waals surface area contributed by atoms with Gasteiger partial charge in [-0.2, -0.15) is 0 Å². The predicted molar refractivity (Wildman–Crippen MR) is 37.4 cm³/mol. The van der Waals surface area contributed by atoms with Crippen molar-refractivity contribution < 1.29 is 9.53 Å². The van der Waals surface area contributed by atoms with Crippen LogP contribution in [0.25, 0.3) is 0 Å². The fourth-order valence-electron chi connectivity index (χ4n) is 1.12. The Morgan fingerprint density at radius 2 is 2.40 bits per heavy atom. The molecule has 3 heteroatoms. The van der Waals surface area contributed by atoms with Crippen molar-refractivity contribution in [2.75, 3.05) is 7.11 Å². The summed E-state index contributed by atoms with van der Waals surface area (Å²) >= 11 is 0. The third kappa shape index (κ3) is 1.99. The number of methoxy groups -OCH3 is 1. The van der Waals surface area contributed by atoms with Gasteiger partial charge in [-0.3, -0.25) is 4.79 Å². The molecule has 10 heavy (non-hydrogen) atoms. The number of rotatable bonds is 1. The molecule has 1 aliphatic heterocycles. The van der Waals surface area contributed by atoms with Crippen LogP contribution in [0.2, 0.25) is 0 Å². The van der Waals surface area contributed by atoms with Crippen LogP contribution in [0.1, 0.15) is 25.7 Å². The predicted octanol–water partition coefficient (Wildman–Crippen LogP) is 0.649. The van der Waals surface area contributed by atoms with Gasteiger partial charge in [-0.15, -0.1) is 0 Å². The summed E-state index contributed by atoms with van der Waals surface area (Å²) in [7, 11) is 1.62. The molecule has 58 valence electrons. The highest BCUT2D eigenvalue weighted by atomic mass is 16.5. The Balaban J connectivity index is 2.38. The second-order valence-electron chi connectivity index (χ2n) is 2.54. The van der Waals surface area contributed by atoms with E-state index in [9.17, 15) is 4.79 Å². The molecule has 1 amide bonds. The third-order valence-electron chi connectivity index (χ3n) is 1.73. The van der Waals surface area contributed by atoms with Gasteiger partial charge in [0.1, 0.15) is 6.23 Å². The quantitative estimate of drug-likeness (QED) is 0.585. The van der Waals surface area contributed by atoms with Gasteiger partial charge in [0, 0.05) is 13.5 Å². The van der Waals surface area contributed by atoms with Gasteiger partial charge in [-0.25, -0.2) is 0 Å². The van der Waals surface area contributed by atoms with E-state index in [1.165, 1.54) is 0 Å². The smallest absolute Gasteiger partial charge is 0.221 e. The lowest BCUT2D eigenvalue weighted by atomic mass is 10.2. The summed E-state index contributed by atoms with van der Waals surface area (Å²) in [6.45, 7) is 0. The van der Waals surface area contributed by atoms with E-state index in [1.54, 1.807) is 7.11 Å². The van der Waals surface area contributed by atoms with Gasteiger partial charge in [-0.1, -0.05) is 0 Å². The molecule has 0 aromatic carbocycles. The number of ether oxygens (including phenoxy) is 1. The summed E-state index contributed by atoms with van der Waals surface area (Å²) in [6.07, 6.45) is 3.63. The molecule has 1 rings (SSSR count). The molecule has 1 aliphatic rings. The average Bonchev–Trinajstić information content (AvgIpc) is 2.13. The number of nitrogens with one attached hydrogen (secondary N) is 1. The highest BCUT2D eigenvalue weighted by molar-refractivity contribution is 5.76. The summed E-state index contributed by atoms with van der Waals surface area (Å²) in [5.74, 6) is 0.115.